The molecule has 7 heterocycles. The van der Waals surface area contributed by atoms with Gasteiger partial charge in [-0.1, -0.05) is 35.3 Å². The number of nitriles is 1. The van der Waals surface area contributed by atoms with Gasteiger partial charge in [-0.25, -0.2) is 9.37 Å². The fourth-order valence-electron chi connectivity index (χ4n) is 9.16. The number of nitrogens with one attached hydrogen (secondary N) is 1. The van der Waals surface area contributed by atoms with Gasteiger partial charge >= 0.3 is 0 Å². The molecule has 6 aromatic rings. The Morgan fingerprint density at radius 3 is 2.74 bits per heavy atom. The Morgan fingerprint density at radius 1 is 1.13 bits per heavy atom. The van der Waals surface area contributed by atoms with E-state index >= 15 is 4.39 Å². The van der Waals surface area contributed by atoms with E-state index in [2.05, 4.69) is 37.3 Å². The molecule has 1 amide bonds. The first-order valence-corrected chi connectivity index (χ1v) is 19.3. The molecule has 5 atom stereocenters. The van der Waals surface area contributed by atoms with Gasteiger partial charge in [-0.05, 0) is 86.1 Å². The van der Waals surface area contributed by atoms with Crippen LogP contribution in [0.3, 0.4) is 0 Å². The minimum absolute atomic E-state index is 0.0121. The van der Waals surface area contributed by atoms with Crippen LogP contribution in [0, 0.1) is 35.9 Å². The number of likely N-dealkylation sites (tertiary alicyclic amines) is 1. The summed E-state index contributed by atoms with van der Waals surface area (Å²) in [5.74, 6) is 0.543. The molecule has 54 heavy (non-hydrogen) atoms. The van der Waals surface area contributed by atoms with Crippen molar-refractivity contribution in [1.82, 2.24) is 45.0 Å². The zero-order valence-electron chi connectivity index (χ0n) is 29.4. The highest BCUT2D eigenvalue weighted by molar-refractivity contribution is 6.43. The highest BCUT2D eigenvalue weighted by Crippen LogP contribution is 2.52. The van der Waals surface area contributed by atoms with Crippen LogP contribution < -0.4 is 5.32 Å². The third-order valence-corrected chi connectivity index (χ3v) is 12.8. The van der Waals surface area contributed by atoms with Crippen molar-refractivity contribution in [3.8, 4) is 28.6 Å². The normalized spacial score (nSPS) is 23.3. The number of aryl methyl sites for hydroxylation is 2. The topological polar surface area (TPSA) is 130 Å². The fourth-order valence-corrected chi connectivity index (χ4v) is 9.55. The Morgan fingerprint density at radius 2 is 2.00 bits per heavy atom. The lowest BCUT2D eigenvalue weighted by atomic mass is 9.79. The fraction of sp³-hybridized carbons (Fsp3) is 0.375. The van der Waals surface area contributed by atoms with E-state index in [0.29, 0.717) is 63.9 Å². The summed E-state index contributed by atoms with van der Waals surface area (Å²) in [4.78, 5) is 26.9. The minimum Gasteiger partial charge on any atom is -0.337 e. The molecule has 2 aromatic carbocycles. The number of carbonyl (C=O) groups is 1. The molecular formula is C40H35Cl2FN10O. The van der Waals surface area contributed by atoms with E-state index in [1.54, 1.807) is 35.4 Å². The van der Waals surface area contributed by atoms with Gasteiger partial charge in [0.25, 0.3) is 0 Å². The number of hydrogen-bond acceptors (Lipinski definition) is 8. The number of nitrogens with zero attached hydrogens (tertiary/aromatic N) is 9. The minimum atomic E-state index is -0.494. The van der Waals surface area contributed by atoms with Crippen LogP contribution in [0.1, 0.15) is 67.2 Å². The molecule has 4 aromatic heterocycles. The van der Waals surface area contributed by atoms with Gasteiger partial charge in [-0.3, -0.25) is 9.78 Å². The number of fused-ring (bicyclic) bond motifs is 4. The van der Waals surface area contributed by atoms with E-state index in [1.807, 2.05) is 30.0 Å². The molecule has 3 saturated heterocycles. The monoisotopic (exact) mass is 760 g/mol. The number of rotatable bonds is 8. The summed E-state index contributed by atoms with van der Waals surface area (Å²) < 4.78 is 19.6. The van der Waals surface area contributed by atoms with Crippen LogP contribution in [0.15, 0.2) is 54.9 Å². The van der Waals surface area contributed by atoms with E-state index in [9.17, 15) is 10.1 Å². The Hall–Kier alpha value is -4.96. The van der Waals surface area contributed by atoms with Gasteiger partial charge in [-0.15, -0.1) is 10.2 Å². The average Bonchev–Trinajstić information content (AvgIpc) is 3.67. The molecule has 11 nitrogen and oxygen atoms in total. The van der Waals surface area contributed by atoms with Crippen molar-refractivity contribution in [3.63, 3.8) is 0 Å². The quantitative estimate of drug-likeness (QED) is 0.168. The maximum Gasteiger partial charge on any atom is 0.226 e. The summed E-state index contributed by atoms with van der Waals surface area (Å²) in [6, 6.07) is 15.2. The van der Waals surface area contributed by atoms with Gasteiger partial charge in [0.1, 0.15) is 5.52 Å². The largest absolute Gasteiger partial charge is 0.337 e. The molecule has 2 aliphatic carbocycles. The predicted octanol–water partition coefficient (Wildman–Crippen LogP) is 7.57. The van der Waals surface area contributed by atoms with Crippen LogP contribution >= 0.6 is 23.2 Å². The lowest BCUT2D eigenvalue weighted by Gasteiger charge is -2.39. The van der Waals surface area contributed by atoms with Gasteiger partial charge in [0.05, 0.1) is 39.8 Å². The Labute approximate surface area is 320 Å². The third-order valence-electron chi connectivity index (χ3n) is 11.9. The van der Waals surface area contributed by atoms with Crippen LogP contribution in [0.5, 0.6) is 0 Å². The Bertz CT molecular complexity index is 2530. The summed E-state index contributed by atoms with van der Waals surface area (Å²) in [7, 11) is 0. The SMILES string of the molecule is Cc1nc2c(F)c(-c3cccc(Cl)c3Cl)c(CCC#N)cc2c2c1cc(C1CC(n3nnc(-c4cccnc4)n3)CN1C(=O)C1CC1)n2C1C2CNC1C2. The molecule has 2 bridgehead atoms. The van der Waals surface area contributed by atoms with Gasteiger partial charge in [-0.2, -0.15) is 10.1 Å². The number of benzene rings is 2. The summed E-state index contributed by atoms with van der Waals surface area (Å²) in [6.07, 6.45) is 7.36. The highest BCUT2D eigenvalue weighted by atomic mass is 35.5. The van der Waals surface area contributed by atoms with Crippen molar-refractivity contribution in [2.24, 2.45) is 11.8 Å². The van der Waals surface area contributed by atoms with Gasteiger partial charge in [0.15, 0.2) is 5.82 Å². The van der Waals surface area contributed by atoms with Crippen molar-refractivity contribution >= 4 is 50.9 Å². The summed E-state index contributed by atoms with van der Waals surface area (Å²) in [6.45, 7) is 3.27. The van der Waals surface area contributed by atoms with Gasteiger partial charge < -0.3 is 14.8 Å². The van der Waals surface area contributed by atoms with Crippen LogP contribution in [0.4, 0.5) is 4.39 Å². The molecule has 5 aliphatic rings. The summed E-state index contributed by atoms with van der Waals surface area (Å²) >= 11 is 13.1. The summed E-state index contributed by atoms with van der Waals surface area (Å²) in [5.41, 5.74) is 5.05. The van der Waals surface area contributed by atoms with Crippen molar-refractivity contribution in [3.05, 3.63) is 87.7 Å². The van der Waals surface area contributed by atoms with E-state index in [1.165, 1.54) is 0 Å². The number of halogens is 3. The van der Waals surface area contributed by atoms with Crippen LogP contribution in [0.2, 0.25) is 10.0 Å². The molecule has 272 valence electrons. The molecule has 14 heteroatoms. The maximum atomic E-state index is 17.2. The summed E-state index contributed by atoms with van der Waals surface area (Å²) in [5, 5.41) is 29.1. The number of tetrazole rings is 1. The Balaban J connectivity index is 1.17. The molecule has 1 N–H and O–H groups in total. The standard InChI is InChI=1S/C40H35Cl2FN10O/c1-20-27-16-32(31-15-25(19-51(31)40(54)21-9-10-21)53-49-39(48-50-53)23-6-4-12-45-17-23)52(37-24-14-30(37)46-18-24)38(27)28-13-22(5-3-11-44)33(35(43)36(28)47-20)26-7-2-8-29(41)34(26)42/h2,4,6-8,12-13,16-17,21,24-25,30-31,37,46H,3,5,9-10,14-15,18-19H2,1H3. The first-order chi connectivity index (χ1) is 26.3. The first-order valence-electron chi connectivity index (χ1n) is 18.5. The van der Waals surface area contributed by atoms with E-state index in [4.69, 9.17) is 33.3 Å². The molecule has 2 saturated carbocycles. The number of amides is 1. The van der Waals surface area contributed by atoms with Crippen molar-refractivity contribution in [2.45, 2.75) is 69.6 Å². The average molecular weight is 762 g/mol. The first kappa shape index (κ1) is 33.6. The molecule has 11 rings (SSSR count). The van der Waals surface area contributed by atoms with Crippen LogP contribution in [0.25, 0.3) is 44.3 Å². The molecule has 0 radical (unpaired) electrons. The second kappa shape index (κ2) is 12.8. The van der Waals surface area contributed by atoms with Crippen molar-refractivity contribution < 1.29 is 9.18 Å². The molecule has 5 unspecified atom stereocenters. The van der Waals surface area contributed by atoms with Crippen LogP contribution in [-0.4, -0.2) is 64.7 Å². The number of hydrogen-bond donors (Lipinski definition) is 1. The molecule has 3 aliphatic heterocycles. The smallest absolute Gasteiger partial charge is 0.226 e. The lowest BCUT2D eigenvalue weighted by Crippen LogP contribution is -2.41. The number of carbonyl (C=O) groups excluding carboxylic acids is 1. The Kier molecular flexibility index (Phi) is 7.98. The maximum absolute atomic E-state index is 17.2. The van der Waals surface area contributed by atoms with Gasteiger partial charge in [0, 0.05) is 82.7 Å². The van der Waals surface area contributed by atoms with Crippen LogP contribution in [-0.2, 0) is 11.2 Å². The van der Waals surface area contributed by atoms with Crippen molar-refractivity contribution in [1.29, 1.82) is 5.26 Å². The zero-order chi connectivity index (χ0) is 36.8. The highest BCUT2D eigenvalue weighted by Gasteiger charge is 2.51. The van der Waals surface area contributed by atoms with Crippen molar-refractivity contribution in [2.75, 3.05) is 13.1 Å². The predicted molar refractivity (Wildman–Crippen MR) is 202 cm³/mol. The second-order valence-corrected chi connectivity index (χ2v) is 15.9. The number of aromatic nitrogens is 7. The van der Waals surface area contributed by atoms with E-state index in [0.717, 1.165) is 48.0 Å². The van der Waals surface area contributed by atoms with E-state index < -0.39 is 5.82 Å². The molecular weight excluding hydrogens is 726 g/mol. The molecule has 5 fully saturated rings. The van der Waals surface area contributed by atoms with Gasteiger partial charge in [0.2, 0.25) is 11.7 Å². The molecule has 0 spiro atoms. The zero-order valence-corrected chi connectivity index (χ0v) is 30.9. The number of pyridine rings is 2. The second-order valence-electron chi connectivity index (χ2n) is 15.1. The third kappa shape index (κ3) is 5.23. The lowest BCUT2D eigenvalue weighted by molar-refractivity contribution is -0.133. The van der Waals surface area contributed by atoms with E-state index in [-0.39, 0.29) is 53.0 Å².